The first-order valence-corrected chi connectivity index (χ1v) is 10.9. The third-order valence-corrected chi connectivity index (χ3v) is 5.58. The highest BCUT2D eigenvalue weighted by atomic mass is 16.6. The Labute approximate surface area is 201 Å². The van der Waals surface area contributed by atoms with E-state index < -0.39 is 24.4 Å². The number of aliphatic hydroxyl groups excluding tert-OH is 1. The lowest BCUT2D eigenvalue weighted by atomic mass is 10.0. The Morgan fingerprint density at radius 3 is 2.34 bits per heavy atom. The summed E-state index contributed by atoms with van der Waals surface area (Å²) < 4.78 is 28.4. The van der Waals surface area contributed by atoms with Crippen LogP contribution in [0, 0.1) is 6.92 Å². The molecule has 0 saturated heterocycles. The number of ether oxygens (including phenoxy) is 4. The van der Waals surface area contributed by atoms with Crippen LogP contribution in [0.4, 0.5) is 0 Å². The summed E-state index contributed by atoms with van der Waals surface area (Å²) in [6, 6.07) is 18.4. The number of phenolic OH excluding ortho intramolecular Hbond substituents is 1. The van der Waals surface area contributed by atoms with Crippen LogP contribution in [0.15, 0.2) is 75.9 Å². The molecule has 0 aliphatic carbocycles. The van der Waals surface area contributed by atoms with Gasteiger partial charge in [0.15, 0.2) is 35.2 Å². The van der Waals surface area contributed by atoms with Crippen molar-refractivity contribution >= 4 is 11.0 Å². The van der Waals surface area contributed by atoms with Gasteiger partial charge in [-0.05, 0) is 48.9 Å². The molecule has 0 amide bonds. The van der Waals surface area contributed by atoms with Crippen molar-refractivity contribution in [2.45, 2.75) is 19.1 Å². The molecule has 0 saturated carbocycles. The molecule has 8 nitrogen and oxygen atoms in total. The number of rotatable bonds is 9. The highest BCUT2D eigenvalue weighted by molar-refractivity contribution is 5.81. The van der Waals surface area contributed by atoms with Gasteiger partial charge in [-0.15, -0.1) is 0 Å². The van der Waals surface area contributed by atoms with Gasteiger partial charge in [0.25, 0.3) is 0 Å². The molecule has 8 heteroatoms. The molecule has 0 fully saturated rings. The van der Waals surface area contributed by atoms with Gasteiger partial charge in [-0.3, -0.25) is 0 Å². The summed E-state index contributed by atoms with van der Waals surface area (Å²) in [5.74, 6) is 1.52. The second-order valence-electron chi connectivity index (χ2n) is 7.87. The zero-order valence-corrected chi connectivity index (χ0v) is 19.6. The van der Waals surface area contributed by atoms with Crippen LogP contribution in [0.1, 0.15) is 17.2 Å². The number of phenols is 1. The third kappa shape index (κ3) is 5.17. The zero-order valence-electron chi connectivity index (χ0n) is 19.6. The molecule has 4 aromatic rings. The fourth-order valence-corrected chi connectivity index (χ4v) is 3.83. The fraction of sp³-hybridized carbons (Fsp3) is 0.222. The van der Waals surface area contributed by atoms with Crippen LogP contribution in [0.5, 0.6) is 28.7 Å². The lowest BCUT2D eigenvalue weighted by Crippen LogP contribution is -2.33. The van der Waals surface area contributed by atoms with E-state index in [1.165, 1.54) is 26.4 Å². The summed E-state index contributed by atoms with van der Waals surface area (Å²) in [5, 5.41) is 21.2. The van der Waals surface area contributed by atoms with Crippen LogP contribution < -0.4 is 24.6 Å². The largest absolute Gasteiger partial charge is 0.504 e. The van der Waals surface area contributed by atoms with Crippen molar-refractivity contribution in [3.8, 4) is 28.7 Å². The molecular weight excluding hydrogens is 452 g/mol. The van der Waals surface area contributed by atoms with E-state index in [1.54, 1.807) is 48.5 Å². The van der Waals surface area contributed by atoms with Crippen molar-refractivity contribution in [2.75, 3.05) is 20.8 Å². The lowest BCUT2D eigenvalue weighted by Gasteiger charge is -2.28. The van der Waals surface area contributed by atoms with Crippen molar-refractivity contribution in [3.63, 3.8) is 0 Å². The minimum Gasteiger partial charge on any atom is -0.504 e. The molecule has 0 spiro atoms. The molecule has 1 heterocycles. The molecule has 182 valence electrons. The van der Waals surface area contributed by atoms with Crippen molar-refractivity contribution in [1.82, 2.24) is 0 Å². The molecule has 0 aliphatic rings. The average Bonchev–Trinajstić information content (AvgIpc) is 2.86. The summed E-state index contributed by atoms with van der Waals surface area (Å²) in [5.41, 5.74) is 1.29. The summed E-state index contributed by atoms with van der Waals surface area (Å²) in [7, 11) is 2.97. The van der Waals surface area contributed by atoms with Gasteiger partial charge in [0, 0.05) is 23.1 Å². The first-order valence-electron chi connectivity index (χ1n) is 10.9. The highest BCUT2D eigenvalue weighted by Gasteiger charge is 2.29. The molecule has 2 unspecified atom stereocenters. The van der Waals surface area contributed by atoms with Gasteiger partial charge in [0.05, 0.1) is 20.8 Å². The van der Waals surface area contributed by atoms with Crippen LogP contribution in [-0.4, -0.2) is 37.1 Å². The van der Waals surface area contributed by atoms with Gasteiger partial charge in [-0.1, -0.05) is 18.2 Å². The van der Waals surface area contributed by atoms with Crippen molar-refractivity contribution in [1.29, 1.82) is 0 Å². The molecular formula is C27H26O8. The number of hydrogen-bond acceptors (Lipinski definition) is 8. The van der Waals surface area contributed by atoms with E-state index in [9.17, 15) is 15.0 Å². The van der Waals surface area contributed by atoms with E-state index in [2.05, 4.69) is 0 Å². The molecule has 4 rings (SSSR count). The van der Waals surface area contributed by atoms with Crippen LogP contribution in [-0.2, 0) is 0 Å². The Bertz CT molecular complexity index is 1380. The standard InChI is InChI=1S/C27H26O8/c1-16-12-26(30)35-23-14-18(9-10-19(16)23)33-27(17-8-11-20(29)24(13-17)32-3)25(15-28)34-22-7-5-4-6-21(22)31-2/h4-14,25,27-29H,15H2,1-3H3. The number of fused-ring (bicyclic) bond motifs is 1. The van der Waals surface area contributed by atoms with Crippen molar-refractivity contribution < 1.29 is 33.6 Å². The van der Waals surface area contributed by atoms with Crippen LogP contribution in [0.3, 0.4) is 0 Å². The van der Waals surface area contributed by atoms with Gasteiger partial charge in [-0.25, -0.2) is 4.79 Å². The first-order chi connectivity index (χ1) is 16.9. The highest BCUT2D eigenvalue weighted by Crippen LogP contribution is 2.36. The maximum Gasteiger partial charge on any atom is 0.336 e. The fourth-order valence-electron chi connectivity index (χ4n) is 3.83. The summed E-state index contributed by atoms with van der Waals surface area (Å²) in [6.45, 7) is 1.43. The molecule has 1 aromatic heterocycles. The predicted octanol–water partition coefficient (Wildman–Crippen LogP) is 4.38. The quantitative estimate of drug-likeness (QED) is 0.341. The Hall–Kier alpha value is -4.17. The maximum absolute atomic E-state index is 11.9. The Kier molecular flexibility index (Phi) is 7.12. The molecule has 0 radical (unpaired) electrons. The van der Waals surface area contributed by atoms with Crippen LogP contribution >= 0.6 is 0 Å². The Morgan fingerprint density at radius 2 is 1.63 bits per heavy atom. The molecule has 3 aromatic carbocycles. The Balaban J connectivity index is 1.76. The lowest BCUT2D eigenvalue weighted by molar-refractivity contribution is 0.0133. The number of aromatic hydroxyl groups is 1. The van der Waals surface area contributed by atoms with E-state index in [0.29, 0.717) is 28.4 Å². The van der Waals surface area contributed by atoms with Gasteiger partial charge < -0.3 is 33.6 Å². The zero-order chi connectivity index (χ0) is 24.9. The molecule has 2 atom stereocenters. The summed E-state index contributed by atoms with van der Waals surface area (Å²) in [4.78, 5) is 11.9. The normalized spacial score (nSPS) is 12.7. The van der Waals surface area contributed by atoms with Crippen LogP contribution in [0.2, 0.25) is 0 Å². The van der Waals surface area contributed by atoms with Crippen LogP contribution in [0.25, 0.3) is 11.0 Å². The van der Waals surface area contributed by atoms with E-state index in [1.807, 2.05) is 13.0 Å². The van der Waals surface area contributed by atoms with E-state index >= 15 is 0 Å². The van der Waals surface area contributed by atoms with E-state index in [4.69, 9.17) is 23.4 Å². The number of para-hydroxylation sites is 2. The summed E-state index contributed by atoms with van der Waals surface area (Å²) >= 11 is 0. The van der Waals surface area contributed by atoms with E-state index in [-0.39, 0.29) is 11.5 Å². The predicted molar refractivity (Wildman–Crippen MR) is 130 cm³/mol. The topological polar surface area (TPSA) is 108 Å². The second kappa shape index (κ2) is 10.4. The molecule has 0 bridgehead atoms. The number of methoxy groups -OCH3 is 2. The molecule has 35 heavy (non-hydrogen) atoms. The Morgan fingerprint density at radius 1 is 0.886 bits per heavy atom. The SMILES string of the molecule is COc1cc(C(Oc2ccc3c(C)cc(=O)oc3c2)C(CO)Oc2ccccc2OC)ccc1O. The summed E-state index contributed by atoms with van der Waals surface area (Å²) in [6.07, 6.45) is -1.71. The average molecular weight is 478 g/mol. The number of aliphatic hydroxyl groups is 1. The molecule has 2 N–H and O–H groups in total. The van der Waals surface area contributed by atoms with Crippen molar-refractivity contribution in [2.24, 2.45) is 0 Å². The number of aryl methyl sites for hydroxylation is 1. The number of hydrogen-bond donors (Lipinski definition) is 2. The van der Waals surface area contributed by atoms with Gasteiger partial charge in [-0.2, -0.15) is 0 Å². The van der Waals surface area contributed by atoms with E-state index in [0.717, 1.165) is 10.9 Å². The smallest absolute Gasteiger partial charge is 0.336 e. The minimum atomic E-state index is -0.874. The first kappa shape index (κ1) is 24.0. The number of benzene rings is 3. The van der Waals surface area contributed by atoms with Crippen molar-refractivity contribution in [3.05, 3.63) is 88.3 Å². The van der Waals surface area contributed by atoms with Gasteiger partial charge in [0.1, 0.15) is 11.3 Å². The molecule has 0 aliphatic heterocycles. The second-order valence-corrected chi connectivity index (χ2v) is 7.87. The third-order valence-electron chi connectivity index (χ3n) is 5.58. The maximum atomic E-state index is 11.9. The minimum absolute atomic E-state index is 0.0378. The monoisotopic (exact) mass is 478 g/mol. The van der Waals surface area contributed by atoms with Gasteiger partial charge >= 0.3 is 5.63 Å². The van der Waals surface area contributed by atoms with Gasteiger partial charge in [0.2, 0.25) is 0 Å².